The Morgan fingerprint density at radius 1 is 0.913 bits per heavy atom. The summed E-state index contributed by atoms with van der Waals surface area (Å²) in [5.74, 6) is -0.312. The first-order valence-corrected chi connectivity index (χ1v) is 8.42. The molecule has 0 unspecified atom stereocenters. The second-order valence-electron chi connectivity index (χ2n) is 5.05. The molecule has 3 rings (SSSR count). The molecule has 0 aliphatic heterocycles. The largest absolute Gasteiger partial charge is 0.322 e. The zero-order valence-corrected chi connectivity index (χ0v) is 12.9. The number of sulfonamides is 1. The lowest BCUT2D eigenvalue weighted by Gasteiger charge is -2.09. The molecule has 116 valence electrons. The molecule has 3 aromatic carbocycles. The van der Waals surface area contributed by atoms with Crippen LogP contribution in [0.5, 0.6) is 0 Å². The van der Waals surface area contributed by atoms with Crippen LogP contribution >= 0.6 is 0 Å². The lowest BCUT2D eigenvalue weighted by atomic mass is 10.0. The van der Waals surface area contributed by atoms with Gasteiger partial charge < -0.3 is 5.32 Å². The van der Waals surface area contributed by atoms with Crippen LogP contribution in [0.25, 0.3) is 10.8 Å². The van der Waals surface area contributed by atoms with Gasteiger partial charge in [-0.2, -0.15) is 0 Å². The number of benzene rings is 3. The Bertz CT molecular complexity index is 992. The summed E-state index contributed by atoms with van der Waals surface area (Å²) >= 11 is 0. The number of hydrogen-bond donors (Lipinski definition) is 2. The molecule has 6 heteroatoms. The van der Waals surface area contributed by atoms with Crippen LogP contribution in [0.15, 0.2) is 71.6 Å². The summed E-state index contributed by atoms with van der Waals surface area (Å²) < 4.78 is 22.8. The van der Waals surface area contributed by atoms with Gasteiger partial charge in [0.05, 0.1) is 4.90 Å². The monoisotopic (exact) mass is 326 g/mol. The summed E-state index contributed by atoms with van der Waals surface area (Å²) in [5.41, 5.74) is 0.888. The molecule has 3 N–H and O–H groups in total. The standard InChI is InChI=1S/C17H14N2O3S/c18-23(21,22)14-8-4-7-13(11-14)19-17(20)16-10-3-6-12-5-1-2-9-15(12)16/h1-11H,(H,19,20)(H2,18,21,22). The molecule has 1 amide bonds. The molecule has 0 atom stereocenters. The number of carbonyl (C=O) groups is 1. The van der Waals surface area contributed by atoms with E-state index in [1.165, 1.54) is 18.2 Å². The lowest BCUT2D eigenvalue weighted by molar-refractivity contribution is 0.102. The van der Waals surface area contributed by atoms with Gasteiger partial charge in [0.25, 0.3) is 5.91 Å². The smallest absolute Gasteiger partial charge is 0.256 e. The summed E-state index contributed by atoms with van der Waals surface area (Å²) in [7, 11) is -3.81. The number of fused-ring (bicyclic) bond motifs is 1. The Morgan fingerprint density at radius 3 is 2.39 bits per heavy atom. The minimum Gasteiger partial charge on any atom is -0.322 e. The van der Waals surface area contributed by atoms with Gasteiger partial charge in [0.1, 0.15) is 0 Å². The summed E-state index contributed by atoms with van der Waals surface area (Å²) in [5, 5.41) is 9.59. The van der Waals surface area contributed by atoms with Gasteiger partial charge in [0, 0.05) is 11.3 Å². The van der Waals surface area contributed by atoms with Crippen LogP contribution < -0.4 is 10.5 Å². The Morgan fingerprint density at radius 2 is 1.61 bits per heavy atom. The third-order valence-corrected chi connectivity index (χ3v) is 4.37. The highest BCUT2D eigenvalue weighted by Crippen LogP contribution is 2.20. The van der Waals surface area contributed by atoms with E-state index in [9.17, 15) is 13.2 Å². The minimum atomic E-state index is -3.81. The predicted octanol–water partition coefficient (Wildman–Crippen LogP) is 2.74. The van der Waals surface area contributed by atoms with Crippen molar-refractivity contribution >= 4 is 32.4 Å². The van der Waals surface area contributed by atoms with Crippen LogP contribution in [-0.2, 0) is 10.0 Å². The number of rotatable bonds is 3. The topological polar surface area (TPSA) is 89.3 Å². The molecule has 0 bridgehead atoms. The summed E-state index contributed by atoms with van der Waals surface area (Å²) in [4.78, 5) is 12.4. The summed E-state index contributed by atoms with van der Waals surface area (Å²) in [6.45, 7) is 0. The lowest BCUT2D eigenvalue weighted by Crippen LogP contribution is -2.15. The number of amides is 1. The normalized spacial score (nSPS) is 11.3. The summed E-state index contributed by atoms with van der Waals surface area (Å²) in [6.07, 6.45) is 0. The maximum atomic E-state index is 12.5. The Labute approximate surface area is 133 Å². The van der Waals surface area contributed by atoms with Crippen LogP contribution in [0.1, 0.15) is 10.4 Å². The molecule has 0 aromatic heterocycles. The van der Waals surface area contributed by atoms with Gasteiger partial charge >= 0.3 is 0 Å². The van der Waals surface area contributed by atoms with Crippen molar-refractivity contribution in [2.75, 3.05) is 5.32 Å². The predicted molar refractivity (Wildman–Crippen MR) is 89.7 cm³/mol. The van der Waals surface area contributed by atoms with Gasteiger partial charge in [-0.05, 0) is 35.0 Å². The fourth-order valence-corrected chi connectivity index (χ4v) is 2.93. The van der Waals surface area contributed by atoms with Crippen molar-refractivity contribution in [1.29, 1.82) is 0 Å². The Kier molecular flexibility index (Phi) is 3.85. The molecule has 0 heterocycles. The van der Waals surface area contributed by atoms with E-state index in [0.717, 1.165) is 10.8 Å². The molecule has 0 saturated carbocycles. The molecular formula is C17H14N2O3S. The number of nitrogens with two attached hydrogens (primary N) is 1. The molecule has 5 nitrogen and oxygen atoms in total. The van der Waals surface area contributed by atoms with Crippen molar-refractivity contribution in [3.63, 3.8) is 0 Å². The van der Waals surface area contributed by atoms with E-state index in [-0.39, 0.29) is 10.8 Å². The van der Waals surface area contributed by atoms with Crippen LogP contribution in [-0.4, -0.2) is 14.3 Å². The molecule has 0 aliphatic rings. The maximum Gasteiger partial charge on any atom is 0.256 e. The SMILES string of the molecule is NS(=O)(=O)c1cccc(NC(=O)c2cccc3ccccc23)c1. The van der Waals surface area contributed by atoms with Gasteiger partial charge in [0.2, 0.25) is 10.0 Å². The van der Waals surface area contributed by atoms with Gasteiger partial charge in [-0.3, -0.25) is 4.79 Å². The van der Waals surface area contributed by atoms with Crippen LogP contribution in [0.2, 0.25) is 0 Å². The Balaban J connectivity index is 1.96. The van der Waals surface area contributed by atoms with Gasteiger partial charge in [-0.15, -0.1) is 0 Å². The van der Waals surface area contributed by atoms with Crippen molar-refractivity contribution in [3.8, 4) is 0 Å². The van der Waals surface area contributed by atoms with Gasteiger partial charge in [-0.25, -0.2) is 13.6 Å². The number of anilines is 1. The molecular weight excluding hydrogens is 312 g/mol. The van der Waals surface area contributed by atoms with Crippen LogP contribution in [0.4, 0.5) is 5.69 Å². The molecule has 3 aromatic rings. The second kappa shape index (κ2) is 5.83. The first kappa shape index (κ1) is 15.2. The average Bonchev–Trinajstić information content (AvgIpc) is 2.53. The van der Waals surface area contributed by atoms with Crippen molar-refractivity contribution in [2.24, 2.45) is 5.14 Å². The molecule has 0 aliphatic carbocycles. The van der Waals surface area contributed by atoms with E-state index in [0.29, 0.717) is 11.3 Å². The quantitative estimate of drug-likeness (QED) is 0.775. The fourth-order valence-electron chi connectivity index (χ4n) is 2.37. The van der Waals surface area contributed by atoms with E-state index in [4.69, 9.17) is 5.14 Å². The fraction of sp³-hybridized carbons (Fsp3) is 0. The third-order valence-electron chi connectivity index (χ3n) is 3.45. The van der Waals surface area contributed by atoms with Crippen molar-refractivity contribution < 1.29 is 13.2 Å². The van der Waals surface area contributed by atoms with E-state index >= 15 is 0 Å². The highest BCUT2D eigenvalue weighted by atomic mass is 32.2. The summed E-state index contributed by atoms with van der Waals surface area (Å²) in [6, 6.07) is 18.9. The van der Waals surface area contributed by atoms with E-state index in [1.807, 2.05) is 30.3 Å². The van der Waals surface area contributed by atoms with Crippen molar-refractivity contribution in [2.45, 2.75) is 4.90 Å². The molecule has 0 spiro atoms. The van der Waals surface area contributed by atoms with E-state index in [2.05, 4.69) is 5.32 Å². The van der Waals surface area contributed by atoms with Crippen LogP contribution in [0, 0.1) is 0 Å². The highest BCUT2D eigenvalue weighted by molar-refractivity contribution is 7.89. The van der Waals surface area contributed by atoms with Crippen LogP contribution in [0.3, 0.4) is 0 Å². The van der Waals surface area contributed by atoms with Crippen molar-refractivity contribution in [1.82, 2.24) is 0 Å². The zero-order chi connectivity index (χ0) is 16.4. The molecule has 0 fully saturated rings. The molecule has 23 heavy (non-hydrogen) atoms. The molecule has 0 saturated heterocycles. The number of nitrogens with one attached hydrogen (secondary N) is 1. The zero-order valence-electron chi connectivity index (χ0n) is 12.1. The third kappa shape index (κ3) is 3.23. The first-order chi connectivity index (χ1) is 10.9. The minimum absolute atomic E-state index is 0.0479. The van der Waals surface area contributed by atoms with Gasteiger partial charge in [-0.1, -0.05) is 42.5 Å². The van der Waals surface area contributed by atoms with E-state index < -0.39 is 10.0 Å². The number of carbonyl (C=O) groups excluding carboxylic acids is 1. The first-order valence-electron chi connectivity index (χ1n) is 6.87. The Hall–Kier alpha value is -2.70. The molecule has 0 radical (unpaired) electrons. The second-order valence-corrected chi connectivity index (χ2v) is 6.62. The number of primary sulfonamides is 1. The van der Waals surface area contributed by atoms with Gasteiger partial charge in [0.15, 0.2) is 0 Å². The maximum absolute atomic E-state index is 12.5. The van der Waals surface area contributed by atoms with E-state index in [1.54, 1.807) is 18.2 Å². The number of hydrogen-bond acceptors (Lipinski definition) is 3. The average molecular weight is 326 g/mol. The van der Waals surface area contributed by atoms with Crippen molar-refractivity contribution in [3.05, 3.63) is 72.3 Å². The highest BCUT2D eigenvalue weighted by Gasteiger charge is 2.12.